The lowest BCUT2D eigenvalue weighted by Gasteiger charge is -2.16. The van der Waals surface area contributed by atoms with E-state index in [1.165, 1.54) is 39.5 Å². The van der Waals surface area contributed by atoms with Gasteiger partial charge in [-0.25, -0.2) is 4.79 Å². The third-order valence-electron chi connectivity index (χ3n) is 5.20. The summed E-state index contributed by atoms with van der Waals surface area (Å²) < 4.78 is 0. The molecule has 2 heteroatoms. The fourth-order valence-electron chi connectivity index (χ4n) is 3.91. The lowest BCUT2D eigenvalue weighted by atomic mass is 9.87. The van der Waals surface area contributed by atoms with Crippen LogP contribution in [0.2, 0.25) is 0 Å². The van der Waals surface area contributed by atoms with Gasteiger partial charge in [-0.1, -0.05) is 78.9 Å². The number of carboxylic acids is 1. The number of carbonyl (C=O) groups is 1. The quantitative estimate of drug-likeness (QED) is 0.568. The Morgan fingerprint density at radius 3 is 2.25 bits per heavy atom. The van der Waals surface area contributed by atoms with Crippen molar-refractivity contribution >= 4 is 23.2 Å². The van der Waals surface area contributed by atoms with E-state index in [2.05, 4.69) is 66.7 Å². The molecule has 0 saturated carbocycles. The van der Waals surface area contributed by atoms with Crippen LogP contribution >= 0.6 is 0 Å². The Kier molecular flexibility index (Phi) is 5.20. The number of hydrogen-bond acceptors (Lipinski definition) is 1. The van der Waals surface area contributed by atoms with E-state index >= 15 is 0 Å². The Labute approximate surface area is 165 Å². The molecule has 0 aromatic heterocycles. The first-order chi connectivity index (χ1) is 13.7. The van der Waals surface area contributed by atoms with Gasteiger partial charge in [-0.15, -0.1) is 0 Å². The first kappa shape index (κ1) is 18.0. The van der Waals surface area contributed by atoms with Crippen LogP contribution in [0.3, 0.4) is 0 Å². The Hall–Kier alpha value is -3.39. The summed E-state index contributed by atoms with van der Waals surface area (Å²) in [6.07, 6.45) is 6.04. The van der Waals surface area contributed by atoms with Crippen LogP contribution in [-0.2, 0) is 11.2 Å². The van der Waals surface area contributed by atoms with Crippen molar-refractivity contribution in [2.45, 2.75) is 19.3 Å². The highest BCUT2D eigenvalue weighted by Crippen LogP contribution is 2.39. The Balaban J connectivity index is 1.87. The highest BCUT2D eigenvalue weighted by molar-refractivity contribution is 6.00. The number of aliphatic carboxylic acids is 1. The standard InChI is InChI=1S/C26H22O2/c27-25(28)18-15-19-13-16-22(17-14-19)26-23-11-5-4-9-21(23)10-6-12-24(26)20-7-2-1-3-8-20/h1-5,7-9,11,13-18H,6,10,12H2,(H,27,28)/b18-15+. The van der Waals surface area contributed by atoms with Gasteiger partial charge in [0.2, 0.25) is 0 Å². The smallest absolute Gasteiger partial charge is 0.328 e. The molecular weight excluding hydrogens is 344 g/mol. The third-order valence-corrected chi connectivity index (χ3v) is 5.20. The molecule has 3 aromatic rings. The summed E-state index contributed by atoms with van der Waals surface area (Å²) in [5.41, 5.74) is 8.66. The van der Waals surface area contributed by atoms with Crippen LogP contribution in [0.15, 0.2) is 84.9 Å². The number of hydrogen-bond donors (Lipinski definition) is 1. The molecule has 0 radical (unpaired) electrons. The predicted octanol–water partition coefficient (Wildman–Crippen LogP) is 6.08. The maximum atomic E-state index is 10.8. The fourth-order valence-corrected chi connectivity index (χ4v) is 3.91. The highest BCUT2D eigenvalue weighted by Gasteiger charge is 2.19. The molecule has 0 aliphatic heterocycles. The zero-order valence-corrected chi connectivity index (χ0v) is 15.6. The topological polar surface area (TPSA) is 37.3 Å². The van der Waals surface area contributed by atoms with Gasteiger partial charge in [0.05, 0.1) is 0 Å². The lowest BCUT2D eigenvalue weighted by molar-refractivity contribution is -0.131. The summed E-state index contributed by atoms with van der Waals surface area (Å²) >= 11 is 0. The van der Waals surface area contributed by atoms with Crippen LogP contribution in [0.5, 0.6) is 0 Å². The highest BCUT2D eigenvalue weighted by atomic mass is 16.4. The average Bonchev–Trinajstić information content (AvgIpc) is 2.93. The van der Waals surface area contributed by atoms with Crippen molar-refractivity contribution in [1.82, 2.24) is 0 Å². The van der Waals surface area contributed by atoms with Gasteiger partial charge in [0.15, 0.2) is 0 Å². The zero-order valence-electron chi connectivity index (χ0n) is 15.6. The van der Waals surface area contributed by atoms with Crippen molar-refractivity contribution in [1.29, 1.82) is 0 Å². The van der Waals surface area contributed by atoms with E-state index in [0.29, 0.717) is 0 Å². The predicted molar refractivity (Wildman–Crippen MR) is 115 cm³/mol. The van der Waals surface area contributed by atoms with E-state index in [0.717, 1.165) is 24.8 Å². The number of aryl methyl sites for hydroxylation is 1. The second-order valence-electron chi connectivity index (χ2n) is 7.02. The van der Waals surface area contributed by atoms with Crippen LogP contribution < -0.4 is 0 Å². The first-order valence-corrected chi connectivity index (χ1v) is 9.60. The molecule has 3 aromatic carbocycles. The largest absolute Gasteiger partial charge is 0.478 e. The Bertz CT molecular complexity index is 1040. The summed E-state index contributed by atoms with van der Waals surface area (Å²) in [5.74, 6) is -0.934. The molecule has 1 aliphatic rings. The molecule has 2 nitrogen and oxygen atoms in total. The van der Waals surface area contributed by atoms with Crippen molar-refractivity contribution in [2.75, 3.05) is 0 Å². The monoisotopic (exact) mass is 366 g/mol. The molecule has 138 valence electrons. The van der Waals surface area contributed by atoms with Gasteiger partial charge in [0.1, 0.15) is 0 Å². The van der Waals surface area contributed by atoms with Gasteiger partial charge < -0.3 is 5.11 Å². The number of carboxylic acid groups (broad SMARTS) is 1. The summed E-state index contributed by atoms with van der Waals surface area (Å²) in [4.78, 5) is 10.8. The number of fused-ring (bicyclic) bond motifs is 1. The molecule has 0 atom stereocenters. The SMILES string of the molecule is O=C(O)/C=C/c1ccc(C2=C(c3ccccc3)CCCc3ccccc32)cc1. The molecule has 0 bridgehead atoms. The maximum absolute atomic E-state index is 10.8. The summed E-state index contributed by atoms with van der Waals surface area (Å²) in [6, 6.07) is 27.5. The van der Waals surface area contributed by atoms with Gasteiger partial charge in [0.25, 0.3) is 0 Å². The van der Waals surface area contributed by atoms with Crippen LogP contribution in [0.1, 0.15) is 40.7 Å². The minimum Gasteiger partial charge on any atom is -0.478 e. The van der Waals surface area contributed by atoms with E-state index < -0.39 is 5.97 Å². The molecule has 0 saturated heterocycles. The van der Waals surface area contributed by atoms with Gasteiger partial charge in [-0.2, -0.15) is 0 Å². The minimum absolute atomic E-state index is 0.884. The number of rotatable bonds is 4. The van der Waals surface area contributed by atoms with E-state index in [4.69, 9.17) is 5.11 Å². The second-order valence-corrected chi connectivity index (χ2v) is 7.02. The van der Waals surface area contributed by atoms with Crippen molar-refractivity contribution in [3.8, 4) is 0 Å². The van der Waals surface area contributed by atoms with Crippen LogP contribution in [-0.4, -0.2) is 11.1 Å². The van der Waals surface area contributed by atoms with Crippen molar-refractivity contribution in [3.05, 3.63) is 113 Å². The lowest BCUT2D eigenvalue weighted by Crippen LogP contribution is -1.96. The van der Waals surface area contributed by atoms with Gasteiger partial charge >= 0.3 is 5.97 Å². The average molecular weight is 366 g/mol. The first-order valence-electron chi connectivity index (χ1n) is 9.60. The number of benzene rings is 3. The second kappa shape index (κ2) is 8.10. The summed E-state index contributed by atoms with van der Waals surface area (Å²) in [6.45, 7) is 0. The molecule has 0 heterocycles. The third kappa shape index (κ3) is 3.81. The van der Waals surface area contributed by atoms with Crippen LogP contribution in [0.25, 0.3) is 17.2 Å². The fraction of sp³-hybridized carbons (Fsp3) is 0.115. The molecule has 0 unspecified atom stereocenters. The van der Waals surface area contributed by atoms with Crippen molar-refractivity contribution in [3.63, 3.8) is 0 Å². The van der Waals surface area contributed by atoms with Crippen LogP contribution in [0.4, 0.5) is 0 Å². The summed E-state index contributed by atoms with van der Waals surface area (Å²) in [7, 11) is 0. The maximum Gasteiger partial charge on any atom is 0.328 e. The van der Waals surface area contributed by atoms with E-state index in [9.17, 15) is 4.79 Å². The normalized spacial score (nSPS) is 14.0. The van der Waals surface area contributed by atoms with E-state index in [1.54, 1.807) is 6.08 Å². The molecule has 0 fully saturated rings. The van der Waals surface area contributed by atoms with E-state index in [1.807, 2.05) is 12.1 Å². The molecule has 1 aliphatic carbocycles. The van der Waals surface area contributed by atoms with Gasteiger partial charge in [-0.05, 0) is 64.3 Å². The molecule has 0 amide bonds. The minimum atomic E-state index is -0.934. The molecular formula is C26H22O2. The van der Waals surface area contributed by atoms with Crippen molar-refractivity contribution < 1.29 is 9.90 Å². The molecule has 1 N–H and O–H groups in total. The zero-order chi connectivity index (χ0) is 19.3. The van der Waals surface area contributed by atoms with Gasteiger partial charge in [-0.3, -0.25) is 0 Å². The molecule has 28 heavy (non-hydrogen) atoms. The van der Waals surface area contributed by atoms with Crippen LogP contribution in [0, 0.1) is 0 Å². The van der Waals surface area contributed by atoms with E-state index in [-0.39, 0.29) is 0 Å². The Morgan fingerprint density at radius 1 is 0.786 bits per heavy atom. The van der Waals surface area contributed by atoms with Gasteiger partial charge in [0, 0.05) is 6.08 Å². The molecule has 0 spiro atoms. The summed E-state index contributed by atoms with van der Waals surface area (Å²) in [5, 5.41) is 8.84. The molecule has 4 rings (SSSR count). The van der Waals surface area contributed by atoms with Crippen molar-refractivity contribution in [2.24, 2.45) is 0 Å². The number of allylic oxidation sites excluding steroid dienone is 1. The Morgan fingerprint density at radius 2 is 1.50 bits per heavy atom.